The average Bonchev–Trinajstić information content (AvgIpc) is 2.10. The van der Waals surface area contributed by atoms with Crippen molar-refractivity contribution in [3.8, 4) is 0 Å². The number of aldehydes is 1. The molecule has 0 saturated carbocycles. The Labute approximate surface area is 69.4 Å². The van der Waals surface area contributed by atoms with Crippen LogP contribution in [0.1, 0.15) is 5.48 Å². The number of aliphatic hydroxyl groups is 3. The van der Waals surface area contributed by atoms with Crippen molar-refractivity contribution in [3.63, 3.8) is 0 Å². The summed E-state index contributed by atoms with van der Waals surface area (Å²) in [6.45, 7) is 0. The van der Waals surface area contributed by atoms with E-state index in [-0.39, 0.29) is 0 Å². The second-order valence-electron chi connectivity index (χ2n) is 2.05. The topological polar surface area (TPSA) is 77.8 Å². The molecule has 4 nitrogen and oxygen atoms in total. The van der Waals surface area contributed by atoms with Crippen molar-refractivity contribution in [1.82, 2.24) is 0 Å². The average molecular weight is 162 g/mol. The van der Waals surface area contributed by atoms with Crippen LogP contribution in [0.2, 0.25) is 0 Å². The Morgan fingerprint density at radius 1 is 1.36 bits per heavy atom. The van der Waals surface area contributed by atoms with Gasteiger partial charge in [-0.3, -0.25) is 0 Å². The van der Waals surface area contributed by atoms with Gasteiger partial charge in [0.25, 0.3) is 0 Å². The Hall–Kier alpha value is -0.710. The summed E-state index contributed by atoms with van der Waals surface area (Å²) < 4.78 is 28.5. The molecule has 0 aliphatic heterocycles. The van der Waals surface area contributed by atoms with Crippen LogP contribution in [0.4, 0.5) is 0 Å². The van der Waals surface area contributed by atoms with Crippen molar-refractivity contribution in [3.05, 3.63) is 12.2 Å². The molecule has 0 heterocycles. The highest BCUT2D eigenvalue weighted by Crippen LogP contribution is 2.16. The minimum atomic E-state index is -3.31. The van der Waals surface area contributed by atoms with Crippen molar-refractivity contribution in [2.75, 3.05) is 0 Å². The maximum Gasteiger partial charge on any atom is 0.129 e. The normalized spacial score (nSPS) is 69.2. The molecule has 0 amide bonds. The van der Waals surface area contributed by atoms with Gasteiger partial charge < -0.3 is 20.1 Å². The molecule has 62 valence electrons. The molecular formula is C7H10O4. The lowest BCUT2D eigenvalue weighted by Crippen LogP contribution is -2.43. The Bertz CT molecular complexity index is 327. The lowest BCUT2D eigenvalue weighted by atomic mass is 9.90. The van der Waals surface area contributed by atoms with E-state index in [0.717, 1.165) is 6.08 Å². The zero-order valence-electron chi connectivity index (χ0n) is 9.48. The zero-order chi connectivity index (χ0) is 12.1. The smallest absolute Gasteiger partial charge is 0.129 e. The SMILES string of the molecule is [2H]C(=O)C1([2H])C=CC(O)C([2H])(O)C1([2H])O. The van der Waals surface area contributed by atoms with Gasteiger partial charge in [0.1, 0.15) is 19.8 Å². The number of carbonyl (C=O) groups is 1. The zero-order valence-corrected chi connectivity index (χ0v) is 5.48. The van der Waals surface area contributed by atoms with Gasteiger partial charge in [0, 0.05) is 1.37 Å². The van der Waals surface area contributed by atoms with Gasteiger partial charge in [-0.1, -0.05) is 12.2 Å². The van der Waals surface area contributed by atoms with Crippen molar-refractivity contribution < 1.29 is 25.6 Å². The molecule has 0 bridgehead atoms. The van der Waals surface area contributed by atoms with Crippen LogP contribution >= 0.6 is 0 Å². The van der Waals surface area contributed by atoms with Gasteiger partial charge >= 0.3 is 0 Å². The van der Waals surface area contributed by atoms with Gasteiger partial charge in [0.2, 0.25) is 0 Å². The highest BCUT2D eigenvalue weighted by atomic mass is 16.4. The van der Waals surface area contributed by atoms with Crippen LogP contribution < -0.4 is 0 Å². The molecule has 1 rings (SSSR count). The van der Waals surface area contributed by atoms with E-state index in [4.69, 9.17) is 10.6 Å². The molecule has 4 unspecified atom stereocenters. The van der Waals surface area contributed by atoms with Gasteiger partial charge in [-0.2, -0.15) is 0 Å². The van der Waals surface area contributed by atoms with Crippen molar-refractivity contribution in [1.29, 1.82) is 0 Å². The van der Waals surface area contributed by atoms with Crippen molar-refractivity contribution >= 4 is 6.26 Å². The molecule has 1 aliphatic carbocycles. The van der Waals surface area contributed by atoms with E-state index in [1.807, 2.05) is 0 Å². The highest BCUT2D eigenvalue weighted by molar-refractivity contribution is 5.58. The molecule has 1 aliphatic rings. The number of carbonyl (C=O) groups excluding carboxylic acids is 1. The molecule has 0 saturated heterocycles. The molecular weight excluding hydrogens is 148 g/mol. The van der Waals surface area contributed by atoms with Crippen molar-refractivity contribution in [2.24, 2.45) is 5.89 Å². The van der Waals surface area contributed by atoms with Gasteiger partial charge in [0.05, 0.1) is 14.7 Å². The first kappa shape index (κ1) is 4.35. The van der Waals surface area contributed by atoms with E-state index in [1.165, 1.54) is 0 Å². The largest absolute Gasteiger partial charge is 0.389 e. The molecule has 0 aromatic carbocycles. The van der Waals surface area contributed by atoms with Gasteiger partial charge in [-0.05, 0) is 0 Å². The minimum absolute atomic E-state index is 0.628. The maximum atomic E-state index is 10.8. The summed E-state index contributed by atoms with van der Waals surface area (Å²) in [5.74, 6) is -2.79. The Morgan fingerprint density at radius 3 is 2.55 bits per heavy atom. The molecule has 11 heavy (non-hydrogen) atoms. The quantitative estimate of drug-likeness (QED) is 0.322. The minimum Gasteiger partial charge on any atom is -0.389 e. The van der Waals surface area contributed by atoms with Crippen LogP contribution in [0.3, 0.4) is 0 Å². The molecule has 3 N–H and O–H groups in total. The third-order valence-corrected chi connectivity index (χ3v) is 1.33. The summed E-state index contributed by atoms with van der Waals surface area (Å²) >= 11 is 0. The fraction of sp³-hybridized carbons (Fsp3) is 0.571. The van der Waals surface area contributed by atoms with Crippen LogP contribution in [0.25, 0.3) is 0 Å². The second-order valence-corrected chi connectivity index (χ2v) is 2.05. The number of aliphatic hydroxyl groups excluding tert-OH is 1. The Morgan fingerprint density at radius 2 is 2.00 bits per heavy atom. The first-order valence-corrected chi connectivity index (χ1v) is 2.90. The molecule has 0 radical (unpaired) electrons. The van der Waals surface area contributed by atoms with E-state index < -0.39 is 30.4 Å². The van der Waals surface area contributed by atoms with Crippen LogP contribution in [0.15, 0.2) is 12.2 Å². The Balaban J connectivity index is 3.37. The van der Waals surface area contributed by atoms with Crippen molar-refractivity contribution in [2.45, 2.75) is 18.3 Å². The van der Waals surface area contributed by atoms with Gasteiger partial charge in [-0.15, -0.1) is 0 Å². The molecule has 0 fully saturated rings. The van der Waals surface area contributed by atoms with E-state index in [1.54, 1.807) is 0 Å². The van der Waals surface area contributed by atoms with Crippen LogP contribution in [-0.4, -0.2) is 39.8 Å². The molecule has 0 aromatic heterocycles. The second kappa shape index (κ2) is 3.13. The fourth-order valence-electron chi connectivity index (χ4n) is 0.718. The molecule has 4 atom stereocenters. The van der Waals surface area contributed by atoms with Crippen LogP contribution in [0, 0.1) is 5.89 Å². The van der Waals surface area contributed by atoms with E-state index in [9.17, 15) is 15.0 Å². The lowest BCUT2D eigenvalue weighted by Gasteiger charge is -2.27. The van der Waals surface area contributed by atoms with E-state index in [2.05, 4.69) is 0 Å². The summed E-state index contributed by atoms with van der Waals surface area (Å²) in [7, 11) is 0. The summed E-state index contributed by atoms with van der Waals surface area (Å²) in [6, 6.07) is 0. The molecule has 0 spiro atoms. The summed E-state index contributed by atoms with van der Waals surface area (Å²) in [6.07, 6.45) is -8.64. The third kappa shape index (κ3) is 1.48. The predicted octanol–water partition coefficient (Wildman–Crippen LogP) is -1.55. The van der Waals surface area contributed by atoms with Crippen LogP contribution in [-0.2, 0) is 4.79 Å². The highest BCUT2D eigenvalue weighted by Gasteiger charge is 2.32. The number of rotatable bonds is 1. The number of hydrogen-bond donors (Lipinski definition) is 3. The maximum absolute atomic E-state index is 10.8. The fourth-order valence-corrected chi connectivity index (χ4v) is 0.718. The first-order chi connectivity index (χ1) is 6.57. The molecule has 0 aromatic rings. The third-order valence-electron chi connectivity index (χ3n) is 1.33. The number of hydrogen-bond acceptors (Lipinski definition) is 4. The van der Waals surface area contributed by atoms with E-state index >= 15 is 0 Å². The first-order valence-electron chi connectivity index (χ1n) is 4.90. The summed E-state index contributed by atoms with van der Waals surface area (Å²) in [4.78, 5) is 10.8. The predicted molar refractivity (Wildman–Crippen MR) is 36.7 cm³/mol. The summed E-state index contributed by atoms with van der Waals surface area (Å²) in [5.41, 5.74) is 0. The Kier molecular flexibility index (Phi) is 1.24. The summed E-state index contributed by atoms with van der Waals surface area (Å²) in [5, 5.41) is 27.9. The standard InChI is InChI=1S/C7H10O4/c8-3-4-1-2-5(9)7(11)6(4)10/h1-7,9-11H/i3D,4D,6D,7D. The van der Waals surface area contributed by atoms with Crippen LogP contribution in [0.5, 0.6) is 0 Å². The monoisotopic (exact) mass is 162 g/mol. The van der Waals surface area contributed by atoms with Gasteiger partial charge in [-0.25, -0.2) is 0 Å². The lowest BCUT2D eigenvalue weighted by molar-refractivity contribution is -0.119. The van der Waals surface area contributed by atoms with Gasteiger partial charge in [0.15, 0.2) is 0 Å². The van der Waals surface area contributed by atoms with E-state index in [0.29, 0.717) is 6.08 Å². The molecule has 4 heteroatoms.